The second kappa shape index (κ2) is 9.43. The number of benzene rings is 1. The first-order valence-corrected chi connectivity index (χ1v) is 7.10. The zero-order valence-electron chi connectivity index (χ0n) is 12.4. The molecule has 124 valence electrons. The van der Waals surface area contributed by atoms with Crippen LogP contribution < -0.4 is 16.2 Å². The third kappa shape index (κ3) is 6.80. The van der Waals surface area contributed by atoms with Gasteiger partial charge in [0, 0.05) is 25.1 Å². The topological polar surface area (TPSA) is 129 Å². The Labute approximate surface area is 137 Å². The maximum atomic E-state index is 10.8. The number of carbonyl (C=O) groups is 1. The Morgan fingerprint density at radius 3 is 2.61 bits per heavy atom. The number of hydrogen-bond donors (Lipinski definition) is 4. The van der Waals surface area contributed by atoms with Crippen molar-refractivity contribution in [1.82, 2.24) is 16.2 Å². The van der Waals surface area contributed by atoms with Crippen molar-refractivity contribution in [3.05, 3.63) is 39.9 Å². The molecule has 0 aliphatic rings. The van der Waals surface area contributed by atoms with Gasteiger partial charge in [-0.15, -0.1) is 0 Å². The second-order valence-electron chi connectivity index (χ2n) is 4.51. The van der Waals surface area contributed by atoms with Crippen molar-refractivity contribution >= 4 is 34.6 Å². The Morgan fingerprint density at radius 1 is 1.39 bits per heavy atom. The monoisotopic (exact) mass is 339 g/mol. The number of rotatable bonds is 7. The highest BCUT2D eigenvalue weighted by Crippen LogP contribution is 2.12. The number of non-ortho nitro benzene ring substituents is 1. The van der Waals surface area contributed by atoms with Gasteiger partial charge in [-0.1, -0.05) is 0 Å². The van der Waals surface area contributed by atoms with Gasteiger partial charge >= 0.3 is 0 Å². The first kappa shape index (κ1) is 18.5. The minimum atomic E-state index is -0.468. The van der Waals surface area contributed by atoms with E-state index in [1.54, 1.807) is 24.5 Å². The molecule has 1 amide bonds. The van der Waals surface area contributed by atoms with Gasteiger partial charge < -0.3 is 5.32 Å². The summed E-state index contributed by atoms with van der Waals surface area (Å²) < 4.78 is 0. The first-order chi connectivity index (χ1) is 10.9. The van der Waals surface area contributed by atoms with Crippen LogP contribution in [0, 0.1) is 10.1 Å². The number of hydroxylamine groups is 1. The zero-order valence-corrected chi connectivity index (χ0v) is 13.2. The molecule has 1 rings (SSSR count). The molecule has 0 spiro atoms. The zero-order chi connectivity index (χ0) is 17.2. The third-order valence-corrected chi connectivity index (χ3v) is 3.05. The fourth-order valence-corrected chi connectivity index (χ4v) is 1.72. The van der Waals surface area contributed by atoms with E-state index in [0.29, 0.717) is 18.7 Å². The molecular weight excluding hydrogens is 322 g/mol. The van der Waals surface area contributed by atoms with Crippen molar-refractivity contribution in [2.45, 2.75) is 19.8 Å². The molecule has 0 saturated heterocycles. The van der Waals surface area contributed by atoms with Crippen molar-refractivity contribution in [2.75, 3.05) is 6.54 Å². The van der Waals surface area contributed by atoms with Crippen LogP contribution in [0.5, 0.6) is 0 Å². The van der Waals surface area contributed by atoms with E-state index in [1.165, 1.54) is 12.1 Å². The summed E-state index contributed by atoms with van der Waals surface area (Å²) in [7, 11) is 0. The van der Waals surface area contributed by atoms with Crippen LogP contribution in [0.4, 0.5) is 5.69 Å². The largest absolute Gasteiger partial charge is 0.361 e. The molecule has 0 aromatic heterocycles. The Bertz CT molecular complexity index is 603. The molecule has 9 nitrogen and oxygen atoms in total. The summed E-state index contributed by atoms with van der Waals surface area (Å²) in [5.41, 5.74) is 5.54. The lowest BCUT2D eigenvalue weighted by Crippen LogP contribution is -2.33. The van der Waals surface area contributed by atoms with Gasteiger partial charge in [0.15, 0.2) is 5.11 Å². The van der Waals surface area contributed by atoms with Gasteiger partial charge in [0.05, 0.1) is 10.6 Å². The van der Waals surface area contributed by atoms with Gasteiger partial charge in [-0.05, 0) is 43.3 Å². The molecule has 0 bridgehead atoms. The Morgan fingerprint density at radius 2 is 2.04 bits per heavy atom. The van der Waals surface area contributed by atoms with Crippen LogP contribution in [0.15, 0.2) is 29.4 Å². The highest BCUT2D eigenvalue weighted by molar-refractivity contribution is 7.80. The van der Waals surface area contributed by atoms with E-state index >= 15 is 0 Å². The van der Waals surface area contributed by atoms with Crippen LogP contribution in [0.25, 0.3) is 0 Å². The van der Waals surface area contributed by atoms with E-state index in [0.717, 1.165) is 5.56 Å². The van der Waals surface area contributed by atoms with Crippen molar-refractivity contribution in [2.24, 2.45) is 5.10 Å². The summed E-state index contributed by atoms with van der Waals surface area (Å²) in [6, 6.07) is 6.00. The number of nitro benzene ring substituents is 1. The highest BCUT2D eigenvalue weighted by atomic mass is 32.1. The maximum Gasteiger partial charge on any atom is 0.269 e. The van der Waals surface area contributed by atoms with Gasteiger partial charge in [0.2, 0.25) is 5.91 Å². The van der Waals surface area contributed by atoms with Crippen LogP contribution in [0.1, 0.15) is 25.3 Å². The molecule has 4 N–H and O–H groups in total. The number of nitrogens with zero attached hydrogens (tertiary/aromatic N) is 2. The van der Waals surface area contributed by atoms with E-state index in [1.807, 2.05) is 0 Å². The maximum absolute atomic E-state index is 10.8. The van der Waals surface area contributed by atoms with Crippen molar-refractivity contribution in [3.8, 4) is 0 Å². The highest BCUT2D eigenvalue weighted by Gasteiger charge is 2.05. The molecule has 1 aromatic rings. The predicted octanol–water partition coefficient (Wildman–Crippen LogP) is 1.07. The standard InChI is InChI=1S/C13H17N5O4S/c1-9(10-4-6-11(7-5-10)18(21)22)15-16-13(23)14-8-2-3-12(19)17-20/h4-7,20H,2-3,8H2,1H3,(H,17,19)(H2,14,16,23)/b15-9+. The molecule has 1 aromatic carbocycles. The molecule has 10 heteroatoms. The van der Waals surface area contributed by atoms with Crippen LogP contribution >= 0.6 is 12.2 Å². The van der Waals surface area contributed by atoms with Crippen LogP contribution in [-0.2, 0) is 4.79 Å². The lowest BCUT2D eigenvalue weighted by atomic mass is 10.1. The van der Waals surface area contributed by atoms with Crippen LogP contribution in [0.3, 0.4) is 0 Å². The molecule has 0 radical (unpaired) electrons. The number of nitro groups is 1. The number of nitrogens with one attached hydrogen (secondary N) is 3. The molecule has 0 saturated carbocycles. The number of hydrazone groups is 1. The summed E-state index contributed by atoms with van der Waals surface area (Å²) in [6.07, 6.45) is 0.677. The van der Waals surface area contributed by atoms with E-state index in [-0.39, 0.29) is 17.2 Å². The average molecular weight is 339 g/mol. The normalized spacial score (nSPS) is 10.8. The van der Waals surface area contributed by atoms with E-state index in [4.69, 9.17) is 17.4 Å². The van der Waals surface area contributed by atoms with Gasteiger partial charge in [-0.2, -0.15) is 5.10 Å². The molecule has 0 heterocycles. The number of hydrogen-bond acceptors (Lipinski definition) is 6. The minimum absolute atomic E-state index is 0.0126. The molecule has 23 heavy (non-hydrogen) atoms. The smallest absolute Gasteiger partial charge is 0.269 e. The molecule has 0 aliphatic heterocycles. The summed E-state index contributed by atoms with van der Waals surface area (Å²) in [5, 5.41) is 26.1. The van der Waals surface area contributed by atoms with Gasteiger partial charge in [-0.3, -0.25) is 25.5 Å². The van der Waals surface area contributed by atoms with Gasteiger partial charge in [0.1, 0.15) is 0 Å². The van der Waals surface area contributed by atoms with Gasteiger partial charge in [-0.25, -0.2) is 5.48 Å². The summed E-state index contributed by atoms with van der Waals surface area (Å²) >= 11 is 5.02. The molecule has 0 unspecified atom stereocenters. The van der Waals surface area contributed by atoms with Crippen molar-refractivity contribution in [3.63, 3.8) is 0 Å². The summed E-state index contributed by atoms with van der Waals surface area (Å²) in [5.74, 6) is -0.460. The minimum Gasteiger partial charge on any atom is -0.361 e. The fourth-order valence-electron chi connectivity index (χ4n) is 1.57. The lowest BCUT2D eigenvalue weighted by Gasteiger charge is -2.07. The quantitative estimate of drug-likeness (QED) is 0.146. The second-order valence-corrected chi connectivity index (χ2v) is 4.92. The van der Waals surface area contributed by atoms with E-state index in [9.17, 15) is 14.9 Å². The van der Waals surface area contributed by atoms with Crippen LogP contribution in [0.2, 0.25) is 0 Å². The fraction of sp³-hybridized carbons (Fsp3) is 0.308. The average Bonchev–Trinajstić information content (AvgIpc) is 2.56. The first-order valence-electron chi connectivity index (χ1n) is 6.70. The summed E-state index contributed by atoms with van der Waals surface area (Å²) in [6.45, 7) is 2.19. The van der Waals surface area contributed by atoms with Crippen molar-refractivity contribution in [1.29, 1.82) is 0 Å². The Balaban J connectivity index is 2.41. The predicted molar refractivity (Wildman–Crippen MR) is 88.2 cm³/mol. The third-order valence-electron chi connectivity index (χ3n) is 2.81. The van der Waals surface area contributed by atoms with Gasteiger partial charge in [0.25, 0.3) is 5.69 Å². The Kier molecular flexibility index (Phi) is 7.57. The SMILES string of the molecule is C/C(=N\NC(=S)NCCCC(=O)NO)c1ccc([N+](=O)[O-])cc1. The Hall–Kier alpha value is -2.59. The lowest BCUT2D eigenvalue weighted by molar-refractivity contribution is -0.384. The molecule has 0 aliphatic carbocycles. The number of thiocarbonyl (C=S) groups is 1. The number of carbonyl (C=O) groups excluding carboxylic acids is 1. The van der Waals surface area contributed by atoms with Crippen LogP contribution in [-0.4, -0.2) is 33.4 Å². The molecule has 0 fully saturated rings. The molecular formula is C13H17N5O4S. The van der Waals surface area contributed by atoms with E-state index in [2.05, 4.69) is 15.8 Å². The summed E-state index contributed by atoms with van der Waals surface area (Å²) in [4.78, 5) is 20.9. The van der Waals surface area contributed by atoms with E-state index < -0.39 is 10.8 Å². The van der Waals surface area contributed by atoms with Crippen molar-refractivity contribution < 1.29 is 14.9 Å². The molecule has 0 atom stereocenters. The number of amides is 1.